The molecule has 0 rings (SSSR count). The van der Waals surface area contributed by atoms with Crippen LogP contribution in [0, 0.1) is 0 Å². The zero-order valence-electron chi connectivity index (χ0n) is 32.9. The minimum atomic E-state index is -4.41. The first-order valence-corrected chi connectivity index (χ1v) is 21.1. The molecule has 0 aromatic carbocycles. The molecule has 0 radical (unpaired) electrons. The monoisotopic (exact) mass is 769 g/mol. The van der Waals surface area contributed by atoms with Gasteiger partial charge >= 0.3 is 19.8 Å². The molecule has 10 heteroatoms. The topological polar surface area (TPSA) is 134 Å². The summed E-state index contributed by atoms with van der Waals surface area (Å²) < 4.78 is 32.6. The van der Waals surface area contributed by atoms with Crippen LogP contribution in [0.3, 0.4) is 0 Å². The van der Waals surface area contributed by atoms with Gasteiger partial charge in [0.25, 0.3) is 0 Å². The summed E-state index contributed by atoms with van der Waals surface area (Å²) in [5, 5.41) is 0. The second kappa shape index (κ2) is 39.1. The molecule has 2 unspecified atom stereocenters. The number of allylic oxidation sites excluding steroid dienone is 20. The maximum Gasteiger partial charge on any atom is 0.472 e. The molecule has 302 valence electrons. The minimum absolute atomic E-state index is 0.0303. The standard InChI is InChI=1S/C44H68NO8P/c1-3-5-7-9-11-13-15-17-18-19-20-21-22-23-25-26-28-30-32-34-36-43(46)50-40-42(41-52-54(48,49)51-39-38-45)53-44(47)37-35-33-31-29-27-24-16-14-12-10-8-6-4-2/h5-8,10-14,16-18,20-21,23-25,27,29,31,42H,3-4,9,15,19,22,26,28,30,32-41,45H2,1-2H3,(H,48,49)/b7-5+,8-6+,12-10+,13-11+,16-14+,18-17+,21-20+,25-23+,27-24+,31-29+. The molecule has 0 aromatic heterocycles. The second-order valence-electron chi connectivity index (χ2n) is 12.2. The Morgan fingerprint density at radius 3 is 1.67 bits per heavy atom. The highest BCUT2D eigenvalue weighted by molar-refractivity contribution is 7.47. The van der Waals surface area contributed by atoms with E-state index < -0.39 is 32.5 Å². The summed E-state index contributed by atoms with van der Waals surface area (Å²) >= 11 is 0. The van der Waals surface area contributed by atoms with Crippen LogP contribution in [0.15, 0.2) is 122 Å². The van der Waals surface area contributed by atoms with E-state index >= 15 is 0 Å². The van der Waals surface area contributed by atoms with E-state index in [1.165, 1.54) is 0 Å². The number of unbranched alkanes of at least 4 members (excludes halogenated alkanes) is 5. The van der Waals surface area contributed by atoms with Crippen LogP contribution >= 0.6 is 7.82 Å². The number of hydrogen-bond donors (Lipinski definition) is 2. The molecule has 0 aromatic rings. The Morgan fingerprint density at radius 2 is 1.07 bits per heavy atom. The van der Waals surface area contributed by atoms with Gasteiger partial charge < -0.3 is 20.1 Å². The number of carbonyl (C=O) groups excluding carboxylic acids is 2. The van der Waals surface area contributed by atoms with Gasteiger partial charge in [-0.3, -0.25) is 18.6 Å². The molecule has 2 atom stereocenters. The highest BCUT2D eigenvalue weighted by atomic mass is 31.2. The average molecular weight is 770 g/mol. The fourth-order valence-corrected chi connectivity index (χ4v) is 5.16. The maximum absolute atomic E-state index is 12.5. The largest absolute Gasteiger partial charge is 0.472 e. The zero-order valence-corrected chi connectivity index (χ0v) is 33.8. The predicted molar refractivity (Wildman–Crippen MR) is 224 cm³/mol. The Labute approximate surface area is 326 Å². The third-order valence-corrected chi connectivity index (χ3v) is 8.21. The van der Waals surface area contributed by atoms with Crippen molar-refractivity contribution >= 4 is 19.8 Å². The molecule has 0 aliphatic rings. The molecule has 0 amide bonds. The maximum atomic E-state index is 12.5. The number of carbonyl (C=O) groups is 2. The van der Waals surface area contributed by atoms with Gasteiger partial charge in [0, 0.05) is 19.4 Å². The normalized spacial score (nSPS) is 14.7. The number of hydrogen-bond acceptors (Lipinski definition) is 8. The molecular formula is C44H68NO8P. The summed E-state index contributed by atoms with van der Waals surface area (Å²) in [6, 6.07) is 0. The lowest BCUT2D eigenvalue weighted by molar-refractivity contribution is -0.161. The lowest BCUT2D eigenvalue weighted by Gasteiger charge is -2.19. The molecular weight excluding hydrogens is 701 g/mol. The summed E-state index contributed by atoms with van der Waals surface area (Å²) in [4.78, 5) is 34.7. The van der Waals surface area contributed by atoms with Crippen LogP contribution in [-0.2, 0) is 32.7 Å². The van der Waals surface area contributed by atoms with E-state index in [0.29, 0.717) is 19.3 Å². The molecule has 3 N–H and O–H groups in total. The number of phosphoric ester groups is 1. The minimum Gasteiger partial charge on any atom is -0.462 e. The fraction of sp³-hybridized carbons (Fsp3) is 0.500. The summed E-state index contributed by atoms with van der Waals surface area (Å²) in [5.74, 6) is -0.962. The van der Waals surface area contributed by atoms with Crippen LogP contribution < -0.4 is 5.73 Å². The third-order valence-electron chi connectivity index (χ3n) is 7.22. The van der Waals surface area contributed by atoms with Gasteiger partial charge in [-0.15, -0.1) is 0 Å². The molecule has 0 aliphatic carbocycles. The number of nitrogens with two attached hydrogens (primary N) is 1. The molecule has 0 saturated heterocycles. The molecule has 9 nitrogen and oxygen atoms in total. The van der Waals surface area contributed by atoms with Gasteiger partial charge in [-0.05, 0) is 70.6 Å². The van der Waals surface area contributed by atoms with Crippen molar-refractivity contribution in [1.82, 2.24) is 0 Å². The molecule has 0 fully saturated rings. The molecule has 0 aliphatic heterocycles. The number of rotatable bonds is 34. The van der Waals surface area contributed by atoms with Crippen LogP contribution in [0.1, 0.15) is 110 Å². The van der Waals surface area contributed by atoms with Gasteiger partial charge in [-0.1, -0.05) is 148 Å². The quantitative estimate of drug-likeness (QED) is 0.0216. The second-order valence-corrected chi connectivity index (χ2v) is 13.6. The van der Waals surface area contributed by atoms with Crippen molar-refractivity contribution < 1.29 is 37.6 Å². The lowest BCUT2D eigenvalue weighted by atomic mass is 10.1. The highest BCUT2D eigenvalue weighted by Crippen LogP contribution is 2.43. The summed E-state index contributed by atoms with van der Waals surface area (Å²) in [6.45, 7) is 3.30. The Morgan fingerprint density at radius 1 is 0.574 bits per heavy atom. The van der Waals surface area contributed by atoms with E-state index in [9.17, 15) is 19.0 Å². The van der Waals surface area contributed by atoms with Crippen LogP contribution in [0.4, 0.5) is 0 Å². The Balaban J connectivity index is 4.37. The Bertz CT molecular complexity index is 1290. The van der Waals surface area contributed by atoms with E-state index in [1.807, 2.05) is 54.7 Å². The van der Waals surface area contributed by atoms with Crippen LogP contribution in [-0.4, -0.2) is 49.3 Å². The molecule has 0 spiro atoms. The summed E-state index contributed by atoms with van der Waals surface area (Å²) in [7, 11) is -4.41. The lowest BCUT2D eigenvalue weighted by Crippen LogP contribution is -2.29. The molecule has 0 bridgehead atoms. The smallest absolute Gasteiger partial charge is 0.462 e. The van der Waals surface area contributed by atoms with E-state index in [-0.39, 0.29) is 32.6 Å². The Hall–Kier alpha value is -3.59. The molecule has 0 saturated carbocycles. The summed E-state index contributed by atoms with van der Waals surface area (Å²) in [6.07, 6.45) is 52.4. The molecule has 54 heavy (non-hydrogen) atoms. The predicted octanol–water partition coefficient (Wildman–Crippen LogP) is 11.0. The van der Waals surface area contributed by atoms with Gasteiger partial charge in [-0.25, -0.2) is 4.57 Å². The van der Waals surface area contributed by atoms with Gasteiger partial charge in [-0.2, -0.15) is 0 Å². The van der Waals surface area contributed by atoms with Crippen molar-refractivity contribution in [2.45, 2.75) is 116 Å². The Kier molecular flexibility index (Phi) is 36.5. The summed E-state index contributed by atoms with van der Waals surface area (Å²) in [5.41, 5.74) is 5.32. The van der Waals surface area contributed by atoms with Crippen molar-refractivity contribution in [3.05, 3.63) is 122 Å². The fourth-order valence-electron chi connectivity index (χ4n) is 4.39. The van der Waals surface area contributed by atoms with Crippen molar-refractivity contribution in [2.24, 2.45) is 5.73 Å². The van der Waals surface area contributed by atoms with Gasteiger partial charge in [0.15, 0.2) is 6.10 Å². The number of phosphoric acid groups is 1. The van der Waals surface area contributed by atoms with Crippen molar-refractivity contribution in [3.8, 4) is 0 Å². The van der Waals surface area contributed by atoms with E-state index in [0.717, 1.165) is 64.2 Å². The van der Waals surface area contributed by atoms with E-state index in [4.69, 9.17) is 24.3 Å². The average Bonchev–Trinajstić information content (AvgIpc) is 3.16. The van der Waals surface area contributed by atoms with Crippen molar-refractivity contribution in [2.75, 3.05) is 26.4 Å². The zero-order chi connectivity index (χ0) is 39.6. The first-order valence-electron chi connectivity index (χ1n) is 19.6. The SMILES string of the molecule is CC/C=C/C=C/C=C/C=C/C=C/CCCC(=O)OC(COC(=O)CCCCCC/C=C/C/C=C/C/C=C/C/C=C/C/C=C/CC)COP(=O)(O)OCCN. The number of ether oxygens (including phenoxy) is 2. The van der Waals surface area contributed by atoms with Gasteiger partial charge in [0.1, 0.15) is 6.61 Å². The van der Waals surface area contributed by atoms with Gasteiger partial charge in [0.05, 0.1) is 13.2 Å². The van der Waals surface area contributed by atoms with Crippen molar-refractivity contribution in [3.63, 3.8) is 0 Å². The first kappa shape index (κ1) is 50.4. The molecule has 0 heterocycles. The third kappa shape index (κ3) is 38.1. The van der Waals surface area contributed by atoms with Gasteiger partial charge in [0.2, 0.25) is 0 Å². The van der Waals surface area contributed by atoms with E-state index in [1.54, 1.807) is 0 Å². The highest BCUT2D eigenvalue weighted by Gasteiger charge is 2.25. The number of esters is 2. The van der Waals surface area contributed by atoms with Crippen LogP contribution in [0.25, 0.3) is 0 Å². The van der Waals surface area contributed by atoms with Crippen molar-refractivity contribution in [1.29, 1.82) is 0 Å². The van der Waals surface area contributed by atoms with Crippen LogP contribution in [0.5, 0.6) is 0 Å². The first-order chi connectivity index (χ1) is 26.3. The van der Waals surface area contributed by atoms with E-state index in [2.05, 4.69) is 80.7 Å². The van der Waals surface area contributed by atoms with Crippen LogP contribution in [0.2, 0.25) is 0 Å².